The molecule has 0 radical (unpaired) electrons. The topological polar surface area (TPSA) is 95.9 Å². The lowest BCUT2D eigenvalue weighted by Crippen LogP contribution is -2.38. The Hall–Kier alpha value is -2.39. The van der Waals surface area contributed by atoms with Gasteiger partial charge in [0.2, 0.25) is 5.91 Å². The Morgan fingerprint density at radius 3 is 2.78 bits per heavy atom. The lowest BCUT2D eigenvalue weighted by atomic mass is 10.2. The molecule has 0 aliphatic carbocycles. The smallest absolute Gasteiger partial charge is 0.325 e. The molecule has 1 heterocycles. The summed E-state index contributed by atoms with van der Waals surface area (Å²) in [6.07, 6.45) is 2.23. The number of carboxylic acid groups (broad SMARTS) is 1. The van der Waals surface area contributed by atoms with Gasteiger partial charge >= 0.3 is 5.97 Å². The second-order valence-electron chi connectivity index (χ2n) is 5.81. The van der Waals surface area contributed by atoms with Gasteiger partial charge in [-0.15, -0.1) is 0 Å². The zero-order valence-electron chi connectivity index (χ0n) is 14.9. The van der Waals surface area contributed by atoms with Crippen LogP contribution < -0.4 is 10.1 Å². The van der Waals surface area contributed by atoms with Crippen molar-refractivity contribution in [3.05, 3.63) is 34.7 Å². The van der Waals surface area contributed by atoms with Crippen LogP contribution in [-0.4, -0.2) is 51.8 Å². The number of carbonyl (C=O) groups excluding carboxylic acids is 2. The van der Waals surface area contributed by atoms with E-state index < -0.39 is 12.0 Å². The molecule has 7 nitrogen and oxygen atoms in total. The number of carboxylic acids is 1. The number of benzene rings is 1. The van der Waals surface area contributed by atoms with E-state index in [0.29, 0.717) is 27.9 Å². The Bertz CT molecular complexity index is 794. The third kappa shape index (κ3) is 5.54. The van der Waals surface area contributed by atoms with E-state index in [9.17, 15) is 14.4 Å². The number of para-hydroxylation sites is 1. The van der Waals surface area contributed by atoms with Crippen molar-refractivity contribution < 1.29 is 24.2 Å². The van der Waals surface area contributed by atoms with E-state index in [1.165, 1.54) is 23.6 Å². The zero-order valence-corrected chi connectivity index (χ0v) is 16.6. The number of nitrogens with zero attached hydrogens (tertiary/aromatic N) is 1. The van der Waals surface area contributed by atoms with Crippen LogP contribution in [-0.2, 0) is 14.4 Å². The number of aliphatic carboxylic acids is 1. The summed E-state index contributed by atoms with van der Waals surface area (Å²) in [5.41, 5.74) is 0.780. The average molecular weight is 409 g/mol. The summed E-state index contributed by atoms with van der Waals surface area (Å²) in [6, 6.07) is 6.41. The summed E-state index contributed by atoms with van der Waals surface area (Å²) >= 11 is 6.48. The highest BCUT2D eigenvalue weighted by atomic mass is 32.2. The molecule has 1 aliphatic heterocycles. The first kappa shape index (κ1) is 20.9. The number of methoxy groups -OCH3 is 1. The van der Waals surface area contributed by atoms with Crippen LogP contribution in [0.25, 0.3) is 6.08 Å². The molecule has 0 bridgehead atoms. The molecule has 2 N–H and O–H groups in total. The summed E-state index contributed by atoms with van der Waals surface area (Å²) in [7, 11) is 1.56. The Kier molecular flexibility index (Phi) is 7.37. The highest BCUT2D eigenvalue weighted by Gasteiger charge is 2.31. The van der Waals surface area contributed by atoms with Crippen molar-refractivity contribution in [3.63, 3.8) is 0 Å². The van der Waals surface area contributed by atoms with Crippen molar-refractivity contribution in [2.45, 2.75) is 25.8 Å². The van der Waals surface area contributed by atoms with Gasteiger partial charge in [0.15, 0.2) is 0 Å². The maximum atomic E-state index is 12.6. The molecule has 2 amide bonds. The van der Waals surface area contributed by atoms with E-state index in [2.05, 4.69) is 5.32 Å². The van der Waals surface area contributed by atoms with Gasteiger partial charge < -0.3 is 15.2 Å². The number of nitrogens with one attached hydrogen (secondary N) is 1. The average Bonchev–Trinajstić information content (AvgIpc) is 2.89. The Labute approximate surface area is 166 Å². The summed E-state index contributed by atoms with van der Waals surface area (Å²) in [5, 5.41) is 11.2. The summed E-state index contributed by atoms with van der Waals surface area (Å²) in [6.45, 7) is 1.69. The van der Waals surface area contributed by atoms with Crippen molar-refractivity contribution >= 4 is 52.2 Å². The highest BCUT2D eigenvalue weighted by Crippen LogP contribution is 2.34. The number of ether oxygens (including phenoxy) is 1. The number of carbonyl (C=O) groups is 3. The first-order valence-corrected chi connectivity index (χ1v) is 9.46. The quantitative estimate of drug-likeness (QED) is 0.503. The minimum absolute atomic E-state index is 0.111. The monoisotopic (exact) mass is 408 g/mol. The molecule has 1 saturated heterocycles. The summed E-state index contributed by atoms with van der Waals surface area (Å²) in [4.78, 5) is 37.0. The van der Waals surface area contributed by atoms with Crippen LogP contribution in [0.4, 0.5) is 0 Å². The fourth-order valence-corrected chi connectivity index (χ4v) is 3.69. The molecule has 27 heavy (non-hydrogen) atoms. The van der Waals surface area contributed by atoms with Crippen LogP contribution >= 0.6 is 24.0 Å². The van der Waals surface area contributed by atoms with E-state index in [-0.39, 0.29) is 18.2 Å². The Morgan fingerprint density at radius 2 is 2.11 bits per heavy atom. The van der Waals surface area contributed by atoms with E-state index in [4.69, 9.17) is 22.1 Å². The van der Waals surface area contributed by atoms with Crippen molar-refractivity contribution in [2.24, 2.45) is 0 Å². The molecular weight excluding hydrogens is 388 g/mol. The van der Waals surface area contributed by atoms with Crippen LogP contribution in [0.3, 0.4) is 0 Å². The van der Waals surface area contributed by atoms with Gasteiger partial charge in [-0.1, -0.05) is 42.2 Å². The van der Waals surface area contributed by atoms with Crippen molar-refractivity contribution in [2.75, 3.05) is 13.7 Å². The van der Waals surface area contributed by atoms with E-state index >= 15 is 0 Å². The molecule has 9 heteroatoms. The minimum atomic E-state index is -1.10. The SMILES string of the molecule is COc1ccccc1/C=C1\SC(=S)N(CCCC(=O)NC(C)C(=O)O)C1=O. The van der Waals surface area contributed by atoms with Gasteiger partial charge in [-0.05, 0) is 25.5 Å². The van der Waals surface area contributed by atoms with Gasteiger partial charge in [-0.2, -0.15) is 0 Å². The minimum Gasteiger partial charge on any atom is -0.496 e. The standard InChI is InChI=1S/C18H20N2O5S2/c1-11(17(23)24)19-15(21)8-5-9-20-16(22)14(27-18(20)26)10-12-6-3-4-7-13(12)25-2/h3-4,6-7,10-11H,5,8-9H2,1-2H3,(H,19,21)(H,23,24)/b14-10-. The molecule has 1 aromatic carbocycles. The first-order valence-electron chi connectivity index (χ1n) is 8.24. The normalized spacial score (nSPS) is 16.5. The number of thioether (sulfide) groups is 1. The maximum Gasteiger partial charge on any atom is 0.325 e. The van der Waals surface area contributed by atoms with Crippen molar-refractivity contribution in [1.29, 1.82) is 0 Å². The number of thiocarbonyl (C=S) groups is 1. The maximum absolute atomic E-state index is 12.6. The summed E-state index contributed by atoms with van der Waals surface area (Å²) in [5.74, 6) is -1.02. The van der Waals surface area contributed by atoms with Gasteiger partial charge in [0.05, 0.1) is 12.0 Å². The van der Waals surface area contributed by atoms with Gasteiger partial charge in [-0.3, -0.25) is 19.3 Å². The van der Waals surface area contributed by atoms with Crippen LogP contribution in [0.2, 0.25) is 0 Å². The molecule has 1 unspecified atom stereocenters. The molecule has 1 fully saturated rings. The van der Waals surface area contributed by atoms with Gasteiger partial charge in [0.1, 0.15) is 16.1 Å². The molecule has 1 aromatic rings. The fourth-order valence-electron chi connectivity index (χ4n) is 2.39. The summed E-state index contributed by atoms with van der Waals surface area (Å²) < 4.78 is 5.72. The van der Waals surface area contributed by atoms with Crippen LogP contribution in [0.5, 0.6) is 5.75 Å². The number of amides is 2. The van der Waals surface area contributed by atoms with Crippen LogP contribution in [0, 0.1) is 0 Å². The van der Waals surface area contributed by atoms with E-state index in [1.807, 2.05) is 24.3 Å². The molecular formula is C18H20N2O5S2. The number of hydrogen-bond acceptors (Lipinski definition) is 6. The third-order valence-corrected chi connectivity index (χ3v) is 5.21. The zero-order chi connectivity index (χ0) is 20.0. The molecule has 0 spiro atoms. The second-order valence-corrected chi connectivity index (χ2v) is 7.48. The predicted octanol–water partition coefficient (Wildman–Crippen LogP) is 2.27. The van der Waals surface area contributed by atoms with Crippen LogP contribution in [0.15, 0.2) is 29.2 Å². The molecule has 1 atom stereocenters. The number of rotatable bonds is 8. The largest absolute Gasteiger partial charge is 0.496 e. The first-order chi connectivity index (χ1) is 12.8. The fraction of sp³-hybridized carbons (Fsp3) is 0.333. The third-order valence-electron chi connectivity index (χ3n) is 3.83. The highest BCUT2D eigenvalue weighted by molar-refractivity contribution is 8.26. The van der Waals surface area contributed by atoms with E-state index in [1.54, 1.807) is 13.2 Å². The lowest BCUT2D eigenvalue weighted by molar-refractivity contribution is -0.141. The van der Waals surface area contributed by atoms with Crippen molar-refractivity contribution in [1.82, 2.24) is 10.2 Å². The Morgan fingerprint density at radius 1 is 1.41 bits per heavy atom. The van der Waals surface area contributed by atoms with Gasteiger partial charge in [-0.25, -0.2) is 0 Å². The van der Waals surface area contributed by atoms with Gasteiger partial charge in [0, 0.05) is 18.5 Å². The second kappa shape index (κ2) is 9.52. The van der Waals surface area contributed by atoms with Crippen LogP contribution in [0.1, 0.15) is 25.3 Å². The molecule has 2 rings (SSSR count). The molecule has 0 aromatic heterocycles. The predicted molar refractivity (Wildman–Crippen MR) is 107 cm³/mol. The molecule has 1 aliphatic rings. The van der Waals surface area contributed by atoms with Gasteiger partial charge in [0.25, 0.3) is 5.91 Å². The number of hydrogen-bond donors (Lipinski definition) is 2. The molecule has 144 valence electrons. The van der Waals surface area contributed by atoms with E-state index in [0.717, 1.165) is 5.56 Å². The lowest BCUT2D eigenvalue weighted by Gasteiger charge is -2.14. The van der Waals surface area contributed by atoms with Crippen molar-refractivity contribution in [3.8, 4) is 5.75 Å². The molecule has 0 saturated carbocycles. The Balaban J connectivity index is 1.95.